The maximum absolute atomic E-state index is 11.9. The lowest BCUT2D eigenvalue weighted by Gasteiger charge is -2.20. The molecule has 1 amide bonds. The van der Waals surface area contributed by atoms with E-state index < -0.39 is 11.7 Å². The first kappa shape index (κ1) is 17.5. The SMILES string of the molecule is Cc1nn(C)c(NC(=O)OC(C)(C)C)c1CCC[C@H](C)N. The second kappa shape index (κ2) is 6.93. The second-order valence-corrected chi connectivity index (χ2v) is 6.53. The van der Waals surface area contributed by atoms with Crippen molar-refractivity contribution in [1.29, 1.82) is 0 Å². The van der Waals surface area contributed by atoms with Gasteiger partial charge in [0.15, 0.2) is 0 Å². The van der Waals surface area contributed by atoms with Crippen LogP contribution in [0.3, 0.4) is 0 Å². The highest BCUT2D eigenvalue weighted by atomic mass is 16.6. The van der Waals surface area contributed by atoms with Crippen molar-refractivity contribution >= 4 is 11.9 Å². The number of ether oxygens (including phenoxy) is 1. The van der Waals surface area contributed by atoms with E-state index in [-0.39, 0.29) is 6.04 Å². The summed E-state index contributed by atoms with van der Waals surface area (Å²) in [6.45, 7) is 9.46. The Labute approximate surface area is 127 Å². The maximum atomic E-state index is 11.9. The van der Waals surface area contributed by atoms with Gasteiger partial charge in [-0.25, -0.2) is 4.79 Å². The second-order valence-electron chi connectivity index (χ2n) is 6.53. The molecule has 1 heterocycles. The predicted octanol–water partition coefficient (Wildman–Crippen LogP) is 2.75. The van der Waals surface area contributed by atoms with Gasteiger partial charge >= 0.3 is 6.09 Å². The Hall–Kier alpha value is -1.56. The lowest BCUT2D eigenvalue weighted by Crippen LogP contribution is -2.28. The molecule has 0 saturated heterocycles. The molecule has 0 aliphatic rings. The van der Waals surface area contributed by atoms with Crippen LogP contribution in [-0.4, -0.2) is 27.5 Å². The van der Waals surface area contributed by atoms with E-state index in [9.17, 15) is 4.79 Å². The van der Waals surface area contributed by atoms with Crippen LogP contribution in [0.4, 0.5) is 10.6 Å². The minimum absolute atomic E-state index is 0.184. The monoisotopic (exact) mass is 296 g/mol. The lowest BCUT2D eigenvalue weighted by atomic mass is 10.1. The molecule has 0 aliphatic carbocycles. The molecule has 0 radical (unpaired) electrons. The number of anilines is 1. The van der Waals surface area contributed by atoms with Crippen LogP contribution < -0.4 is 11.1 Å². The predicted molar refractivity (Wildman–Crippen MR) is 84.4 cm³/mol. The number of rotatable bonds is 5. The summed E-state index contributed by atoms with van der Waals surface area (Å²) in [7, 11) is 1.81. The van der Waals surface area contributed by atoms with Gasteiger partial charge in [-0.1, -0.05) is 0 Å². The van der Waals surface area contributed by atoms with Crippen LogP contribution >= 0.6 is 0 Å². The van der Waals surface area contributed by atoms with Crippen LogP contribution in [-0.2, 0) is 18.2 Å². The standard InChI is InChI=1S/C15H28N4O2/c1-10(16)8-7-9-12-11(2)18-19(6)13(12)17-14(20)21-15(3,4)5/h10H,7-9,16H2,1-6H3,(H,17,20)/t10-/m0/s1. The van der Waals surface area contributed by atoms with Gasteiger partial charge in [0, 0.05) is 18.7 Å². The number of aromatic nitrogens is 2. The zero-order chi connectivity index (χ0) is 16.2. The minimum atomic E-state index is -0.521. The molecule has 0 aliphatic heterocycles. The first-order valence-corrected chi connectivity index (χ1v) is 7.38. The zero-order valence-corrected chi connectivity index (χ0v) is 14.0. The van der Waals surface area contributed by atoms with Gasteiger partial charge in [0.1, 0.15) is 11.4 Å². The van der Waals surface area contributed by atoms with Crippen LogP contribution in [0, 0.1) is 6.92 Å². The Balaban J connectivity index is 2.79. The number of nitrogens with one attached hydrogen (secondary N) is 1. The molecule has 0 saturated carbocycles. The molecule has 21 heavy (non-hydrogen) atoms. The summed E-state index contributed by atoms with van der Waals surface area (Å²) >= 11 is 0. The van der Waals surface area contributed by atoms with Crippen molar-refractivity contribution in [2.24, 2.45) is 12.8 Å². The summed E-state index contributed by atoms with van der Waals surface area (Å²) in [5.41, 5.74) is 7.23. The van der Waals surface area contributed by atoms with Crippen LogP contribution in [0.1, 0.15) is 51.8 Å². The van der Waals surface area contributed by atoms with Gasteiger partial charge in [-0.05, 0) is 53.9 Å². The summed E-state index contributed by atoms with van der Waals surface area (Å²) in [6, 6.07) is 0.184. The number of amides is 1. The highest BCUT2D eigenvalue weighted by Gasteiger charge is 2.20. The number of nitrogens with two attached hydrogens (primary N) is 1. The third kappa shape index (κ3) is 5.75. The van der Waals surface area contributed by atoms with E-state index in [1.165, 1.54) is 0 Å². The Bertz CT molecular complexity index is 487. The van der Waals surface area contributed by atoms with Crippen molar-refractivity contribution < 1.29 is 9.53 Å². The average Bonchev–Trinajstić information content (AvgIpc) is 2.52. The number of hydrogen-bond donors (Lipinski definition) is 2. The molecule has 6 heteroatoms. The Morgan fingerprint density at radius 1 is 1.48 bits per heavy atom. The first-order valence-electron chi connectivity index (χ1n) is 7.38. The molecule has 6 nitrogen and oxygen atoms in total. The fourth-order valence-electron chi connectivity index (χ4n) is 2.16. The Morgan fingerprint density at radius 2 is 2.10 bits per heavy atom. The summed E-state index contributed by atoms with van der Waals surface area (Å²) in [5, 5.41) is 7.18. The van der Waals surface area contributed by atoms with Crippen LogP contribution in [0.5, 0.6) is 0 Å². The highest BCUT2D eigenvalue weighted by molar-refractivity contribution is 5.85. The van der Waals surface area contributed by atoms with Crippen LogP contribution in [0.15, 0.2) is 0 Å². The largest absolute Gasteiger partial charge is 0.444 e. The van der Waals surface area contributed by atoms with Crippen molar-refractivity contribution in [3.63, 3.8) is 0 Å². The maximum Gasteiger partial charge on any atom is 0.413 e. The highest BCUT2D eigenvalue weighted by Crippen LogP contribution is 2.22. The Morgan fingerprint density at radius 3 is 2.62 bits per heavy atom. The van der Waals surface area contributed by atoms with E-state index in [1.54, 1.807) is 4.68 Å². The minimum Gasteiger partial charge on any atom is -0.444 e. The van der Waals surface area contributed by atoms with Crippen LogP contribution in [0.2, 0.25) is 0 Å². The molecule has 1 atom stereocenters. The van der Waals surface area contributed by atoms with E-state index in [0.29, 0.717) is 5.82 Å². The van der Waals surface area contributed by atoms with Gasteiger partial charge in [-0.15, -0.1) is 0 Å². The normalized spacial score (nSPS) is 13.1. The Kier molecular flexibility index (Phi) is 5.78. The van der Waals surface area contributed by atoms with E-state index >= 15 is 0 Å². The van der Waals surface area contributed by atoms with E-state index in [1.807, 2.05) is 41.7 Å². The average molecular weight is 296 g/mol. The molecule has 0 aromatic carbocycles. The van der Waals surface area contributed by atoms with Gasteiger partial charge in [-0.3, -0.25) is 10.00 Å². The van der Waals surface area contributed by atoms with Crippen LogP contribution in [0.25, 0.3) is 0 Å². The number of hydrogen-bond acceptors (Lipinski definition) is 4. The number of nitrogens with zero attached hydrogens (tertiary/aromatic N) is 2. The summed E-state index contributed by atoms with van der Waals surface area (Å²) in [6.07, 6.45) is 2.29. The lowest BCUT2D eigenvalue weighted by molar-refractivity contribution is 0.0634. The van der Waals surface area contributed by atoms with Crippen molar-refractivity contribution in [2.75, 3.05) is 5.32 Å². The zero-order valence-electron chi connectivity index (χ0n) is 14.0. The summed E-state index contributed by atoms with van der Waals surface area (Å²) in [4.78, 5) is 11.9. The molecule has 1 rings (SSSR count). The van der Waals surface area contributed by atoms with Gasteiger partial charge in [-0.2, -0.15) is 5.10 Å². The number of aryl methyl sites for hydroxylation is 2. The number of carbonyl (C=O) groups excluding carboxylic acids is 1. The van der Waals surface area contributed by atoms with Gasteiger partial charge in [0.05, 0.1) is 5.69 Å². The van der Waals surface area contributed by atoms with Crippen molar-refractivity contribution in [3.8, 4) is 0 Å². The molecule has 0 bridgehead atoms. The smallest absolute Gasteiger partial charge is 0.413 e. The summed E-state index contributed by atoms with van der Waals surface area (Å²) in [5.74, 6) is 0.700. The van der Waals surface area contributed by atoms with Crippen molar-refractivity contribution in [3.05, 3.63) is 11.3 Å². The molecule has 3 N–H and O–H groups in total. The first-order chi connectivity index (χ1) is 9.60. The van der Waals surface area contributed by atoms with Gasteiger partial charge in [0.25, 0.3) is 0 Å². The van der Waals surface area contributed by atoms with E-state index in [0.717, 1.165) is 30.5 Å². The third-order valence-electron chi connectivity index (χ3n) is 3.05. The molecule has 0 fully saturated rings. The van der Waals surface area contributed by atoms with Crippen molar-refractivity contribution in [1.82, 2.24) is 9.78 Å². The molecular weight excluding hydrogens is 268 g/mol. The molecule has 1 aromatic heterocycles. The van der Waals surface area contributed by atoms with E-state index in [2.05, 4.69) is 10.4 Å². The van der Waals surface area contributed by atoms with Gasteiger partial charge in [0.2, 0.25) is 0 Å². The third-order valence-corrected chi connectivity index (χ3v) is 3.05. The molecule has 0 spiro atoms. The van der Waals surface area contributed by atoms with E-state index in [4.69, 9.17) is 10.5 Å². The molecule has 1 aromatic rings. The summed E-state index contributed by atoms with van der Waals surface area (Å²) < 4.78 is 6.97. The molecule has 120 valence electrons. The molecular formula is C15H28N4O2. The van der Waals surface area contributed by atoms with Gasteiger partial charge < -0.3 is 10.5 Å². The topological polar surface area (TPSA) is 82.2 Å². The number of carbonyl (C=O) groups is 1. The molecule has 0 unspecified atom stereocenters. The van der Waals surface area contributed by atoms with Crippen molar-refractivity contribution in [2.45, 2.75) is 65.5 Å². The fraction of sp³-hybridized carbons (Fsp3) is 0.733. The fourth-order valence-corrected chi connectivity index (χ4v) is 2.16. The quantitative estimate of drug-likeness (QED) is 0.875.